The van der Waals surface area contributed by atoms with Gasteiger partial charge in [-0.3, -0.25) is 4.79 Å². The summed E-state index contributed by atoms with van der Waals surface area (Å²) >= 11 is 0. The zero-order valence-corrected chi connectivity index (χ0v) is 6.69. The minimum Gasteiger partial charge on any atom is -0.504 e. The molecule has 0 aliphatic carbocycles. The molecule has 1 rings (SSSR count). The van der Waals surface area contributed by atoms with Crippen molar-refractivity contribution in [1.82, 2.24) is 0 Å². The Morgan fingerprint density at radius 3 is 2.38 bits per heavy atom. The highest BCUT2D eigenvalue weighted by Crippen LogP contribution is 2.36. The fraction of sp³-hybridized carbons (Fsp3) is 0.125. The summed E-state index contributed by atoms with van der Waals surface area (Å²) in [5.41, 5.74) is 5.07. The van der Waals surface area contributed by atoms with E-state index < -0.39 is 23.2 Å². The fourth-order valence-corrected chi connectivity index (χ4v) is 0.941. The maximum absolute atomic E-state index is 10.5. The second kappa shape index (κ2) is 3.22. The Morgan fingerprint density at radius 2 is 1.85 bits per heavy atom. The van der Waals surface area contributed by atoms with Gasteiger partial charge in [0.2, 0.25) is 11.7 Å². The molecule has 1 aromatic rings. The van der Waals surface area contributed by atoms with Crippen molar-refractivity contribution in [2.45, 2.75) is 6.42 Å². The Hall–Kier alpha value is -1.91. The van der Waals surface area contributed by atoms with Crippen LogP contribution in [0, 0.1) is 0 Å². The Labute approximate surface area is 74.0 Å². The Morgan fingerprint density at radius 1 is 1.23 bits per heavy atom. The molecule has 0 radical (unpaired) electrons. The van der Waals surface area contributed by atoms with E-state index in [0.29, 0.717) is 0 Å². The highest BCUT2D eigenvalue weighted by Gasteiger charge is 2.11. The number of amides is 1. The van der Waals surface area contributed by atoms with Crippen molar-refractivity contribution in [3.05, 3.63) is 17.7 Å². The number of hydrogen-bond donors (Lipinski definition) is 4. The third kappa shape index (κ3) is 1.81. The van der Waals surface area contributed by atoms with E-state index in [-0.39, 0.29) is 12.0 Å². The van der Waals surface area contributed by atoms with Gasteiger partial charge in [-0.05, 0) is 6.07 Å². The van der Waals surface area contributed by atoms with Crippen LogP contribution in [0.4, 0.5) is 0 Å². The van der Waals surface area contributed by atoms with Crippen molar-refractivity contribution < 1.29 is 20.1 Å². The van der Waals surface area contributed by atoms with Crippen molar-refractivity contribution in [2.75, 3.05) is 0 Å². The van der Waals surface area contributed by atoms with E-state index in [0.717, 1.165) is 0 Å². The van der Waals surface area contributed by atoms with Gasteiger partial charge >= 0.3 is 0 Å². The Kier molecular flexibility index (Phi) is 2.27. The van der Waals surface area contributed by atoms with Crippen molar-refractivity contribution in [1.29, 1.82) is 0 Å². The van der Waals surface area contributed by atoms with E-state index in [1.54, 1.807) is 0 Å². The van der Waals surface area contributed by atoms with Crippen molar-refractivity contribution in [2.24, 2.45) is 5.73 Å². The van der Waals surface area contributed by atoms with Crippen LogP contribution in [0.5, 0.6) is 17.2 Å². The number of aromatic hydroxyl groups is 3. The first-order valence-corrected chi connectivity index (χ1v) is 3.53. The molecule has 0 heterocycles. The van der Waals surface area contributed by atoms with Gasteiger partial charge in [0.05, 0.1) is 6.42 Å². The highest BCUT2D eigenvalue weighted by atomic mass is 16.3. The molecule has 0 aliphatic heterocycles. The summed E-state index contributed by atoms with van der Waals surface area (Å²) in [6, 6.07) is 2.49. The molecular weight excluding hydrogens is 174 g/mol. The van der Waals surface area contributed by atoms with E-state index in [4.69, 9.17) is 15.9 Å². The smallest absolute Gasteiger partial charge is 0.221 e. The molecule has 5 nitrogen and oxygen atoms in total. The molecule has 0 unspecified atom stereocenters. The summed E-state index contributed by atoms with van der Waals surface area (Å²) in [7, 11) is 0. The molecule has 5 N–H and O–H groups in total. The average Bonchev–Trinajstić information content (AvgIpc) is 2.06. The number of phenolic OH excluding ortho intramolecular Hbond substituents is 3. The van der Waals surface area contributed by atoms with Gasteiger partial charge in [-0.15, -0.1) is 0 Å². The lowest BCUT2D eigenvalue weighted by Crippen LogP contribution is -2.13. The molecule has 0 saturated carbocycles. The highest BCUT2D eigenvalue weighted by molar-refractivity contribution is 5.78. The fourth-order valence-electron chi connectivity index (χ4n) is 0.941. The number of carbonyl (C=O) groups excluding carboxylic acids is 1. The van der Waals surface area contributed by atoms with Crippen LogP contribution in [0.1, 0.15) is 5.56 Å². The third-order valence-electron chi connectivity index (χ3n) is 1.58. The molecule has 1 amide bonds. The molecule has 1 aromatic carbocycles. The largest absolute Gasteiger partial charge is 0.504 e. The zero-order chi connectivity index (χ0) is 10.0. The number of rotatable bonds is 2. The summed E-state index contributed by atoms with van der Waals surface area (Å²) in [5, 5.41) is 27.2. The van der Waals surface area contributed by atoms with Gasteiger partial charge < -0.3 is 21.1 Å². The van der Waals surface area contributed by atoms with Crippen LogP contribution in [0.15, 0.2) is 12.1 Å². The van der Waals surface area contributed by atoms with Gasteiger partial charge in [0.1, 0.15) is 0 Å². The van der Waals surface area contributed by atoms with Crippen LogP contribution in [0.2, 0.25) is 0 Å². The molecule has 0 spiro atoms. The second-order valence-electron chi connectivity index (χ2n) is 2.58. The summed E-state index contributed by atoms with van der Waals surface area (Å²) in [6.45, 7) is 0. The minimum atomic E-state index is -0.640. The topological polar surface area (TPSA) is 104 Å². The summed E-state index contributed by atoms with van der Waals surface area (Å²) in [5.74, 6) is -2.22. The monoisotopic (exact) mass is 183 g/mol. The first-order valence-electron chi connectivity index (χ1n) is 3.53. The number of carbonyl (C=O) groups is 1. The van der Waals surface area contributed by atoms with Crippen LogP contribution in [0.3, 0.4) is 0 Å². The van der Waals surface area contributed by atoms with Gasteiger partial charge in [0, 0.05) is 5.56 Å². The number of nitrogens with two attached hydrogens (primary N) is 1. The first kappa shape index (κ1) is 9.18. The number of phenols is 3. The third-order valence-corrected chi connectivity index (χ3v) is 1.58. The summed E-state index contributed by atoms with van der Waals surface area (Å²) in [4.78, 5) is 10.5. The van der Waals surface area contributed by atoms with Crippen molar-refractivity contribution in [3.63, 3.8) is 0 Å². The summed E-state index contributed by atoms with van der Waals surface area (Å²) < 4.78 is 0. The standard InChI is InChI=1S/C8H9NO4/c9-6(11)3-4-1-2-5(10)8(13)7(4)12/h1-2,10,12-13H,3H2,(H2,9,11). The lowest BCUT2D eigenvalue weighted by atomic mass is 10.1. The Bertz CT molecular complexity index is 348. The quantitative estimate of drug-likeness (QED) is 0.478. The van der Waals surface area contributed by atoms with Crippen LogP contribution >= 0.6 is 0 Å². The van der Waals surface area contributed by atoms with E-state index in [2.05, 4.69) is 0 Å². The molecule has 13 heavy (non-hydrogen) atoms. The molecular formula is C8H9NO4. The van der Waals surface area contributed by atoms with E-state index in [1.165, 1.54) is 12.1 Å². The van der Waals surface area contributed by atoms with Crippen LogP contribution in [-0.2, 0) is 11.2 Å². The predicted molar refractivity (Wildman–Crippen MR) is 44.3 cm³/mol. The molecule has 0 aromatic heterocycles. The minimum absolute atomic E-state index is 0.181. The molecule has 70 valence electrons. The number of benzene rings is 1. The molecule has 0 bridgehead atoms. The predicted octanol–water partition coefficient (Wildman–Crippen LogP) is -0.169. The van der Waals surface area contributed by atoms with Gasteiger partial charge in [0.25, 0.3) is 0 Å². The number of hydrogen-bond acceptors (Lipinski definition) is 4. The Balaban J connectivity index is 3.10. The van der Waals surface area contributed by atoms with Crippen LogP contribution < -0.4 is 5.73 Å². The van der Waals surface area contributed by atoms with Gasteiger partial charge in [-0.2, -0.15) is 0 Å². The second-order valence-corrected chi connectivity index (χ2v) is 2.58. The van der Waals surface area contributed by atoms with Crippen LogP contribution in [-0.4, -0.2) is 21.2 Å². The van der Waals surface area contributed by atoms with Gasteiger partial charge in [0.15, 0.2) is 11.5 Å². The maximum Gasteiger partial charge on any atom is 0.221 e. The maximum atomic E-state index is 10.5. The van der Waals surface area contributed by atoms with Gasteiger partial charge in [-0.25, -0.2) is 0 Å². The van der Waals surface area contributed by atoms with Crippen molar-refractivity contribution in [3.8, 4) is 17.2 Å². The normalized spacial score (nSPS) is 9.85. The zero-order valence-electron chi connectivity index (χ0n) is 6.69. The summed E-state index contributed by atoms with van der Waals surface area (Å²) in [6.07, 6.45) is -0.181. The molecule has 5 heteroatoms. The lowest BCUT2D eigenvalue weighted by molar-refractivity contribution is -0.117. The SMILES string of the molecule is NC(=O)Cc1ccc(O)c(O)c1O. The first-order chi connectivity index (χ1) is 6.02. The molecule has 0 fully saturated rings. The van der Waals surface area contributed by atoms with Crippen LogP contribution in [0.25, 0.3) is 0 Å². The van der Waals surface area contributed by atoms with Crippen molar-refractivity contribution >= 4 is 5.91 Å². The number of primary amides is 1. The van der Waals surface area contributed by atoms with Gasteiger partial charge in [-0.1, -0.05) is 6.07 Å². The van der Waals surface area contributed by atoms with E-state index in [1.807, 2.05) is 0 Å². The lowest BCUT2D eigenvalue weighted by Gasteiger charge is -2.05. The molecule has 0 atom stereocenters. The van der Waals surface area contributed by atoms with E-state index >= 15 is 0 Å². The molecule has 0 aliphatic rings. The molecule has 0 saturated heterocycles. The average molecular weight is 183 g/mol. The van der Waals surface area contributed by atoms with E-state index in [9.17, 15) is 9.90 Å².